The first-order valence-corrected chi connectivity index (χ1v) is 31.3. The van der Waals surface area contributed by atoms with E-state index < -0.39 is 0 Å². The van der Waals surface area contributed by atoms with Crippen LogP contribution in [-0.2, 0) is 94.9 Å². The number of rotatable bonds is 73. The number of hydrogen-bond donors (Lipinski definition) is 2. The fourth-order valence-electron chi connectivity index (χ4n) is 7.14. The lowest BCUT2D eigenvalue weighted by Gasteiger charge is -2.22. The zero-order chi connectivity index (χ0) is 60.6. The van der Waals surface area contributed by atoms with Gasteiger partial charge in [0.25, 0.3) is 0 Å². The molecule has 0 saturated carbocycles. The molecule has 0 aromatic carbocycles. The van der Waals surface area contributed by atoms with E-state index in [1.165, 1.54) is 90.9 Å². The minimum absolute atomic E-state index is 0.0220. The zero-order valence-corrected chi connectivity index (χ0v) is 52.6. The molecule has 0 atom stereocenters. The highest BCUT2D eigenvalue weighted by atomic mass is 16.6. The van der Waals surface area contributed by atoms with Gasteiger partial charge in [-0.15, -0.1) is 0 Å². The highest BCUT2D eigenvalue weighted by molar-refractivity contribution is 5.44. The van der Waals surface area contributed by atoms with Gasteiger partial charge in [0, 0.05) is 26.3 Å². The number of nitrogens with zero attached hydrogens (tertiary/aromatic N) is 1. The van der Waals surface area contributed by atoms with E-state index in [-0.39, 0.29) is 13.2 Å². The van der Waals surface area contributed by atoms with Crippen molar-refractivity contribution in [3.05, 3.63) is 0 Å². The van der Waals surface area contributed by atoms with Crippen molar-refractivity contribution in [3.63, 3.8) is 0 Å². The molecule has 0 unspecified atom stereocenters. The predicted octanol–water partition coefficient (Wildman–Crippen LogP) is 5.46. The average Bonchev–Trinajstić information content (AvgIpc) is 3.48. The summed E-state index contributed by atoms with van der Waals surface area (Å²) < 4.78 is 99.4. The van der Waals surface area contributed by atoms with Crippen LogP contribution in [0.1, 0.15) is 111 Å². The van der Waals surface area contributed by atoms with Crippen LogP contribution in [0.3, 0.4) is 0 Å². The van der Waals surface area contributed by atoms with Crippen LogP contribution in [0.25, 0.3) is 0 Å². The van der Waals surface area contributed by atoms with Gasteiger partial charge >= 0.3 is 0 Å². The Labute approximate surface area is 502 Å². The molecule has 0 aromatic rings. The van der Waals surface area contributed by atoms with Crippen LogP contribution in [0.5, 0.6) is 0 Å². The Morgan fingerprint density at radius 2 is 0.373 bits per heavy atom. The third-order valence-electron chi connectivity index (χ3n) is 11.3. The quantitative estimate of drug-likeness (QED) is 0.0567. The number of carbonyl (C=O) groups is 2. The molecule has 0 fully saturated rings. The molecule has 2 N–H and O–H groups in total. The zero-order valence-electron chi connectivity index (χ0n) is 52.6. The van der Waals surface area contributed by atoms with Crippen molar-refractivity contribution < 1.29 is 105 Å². The fraction of sp³-hybridized carbons (Fsp3) is 0.967. The maximum atomic E-state index is 8.81. The Bertz CT molecular complexity index is 1050. The molecule has 0 aliphatic rings. The lowest BCUT2D eigenvalue weighted by atomic mass is 10.1. The van der Waals surface area contributed by atoms with Crippen LogP contribution in [0.15, 0.2) is 0 Å². The standard InChI is InChI=1S/C56H115NO20.2C2H4O/c1-2-3-4-5-6-7-8-9-10-11-12-13-16-57(17-14-21-60-25-29-64-33-37-68-41-45-72-49-53-76-55-51-74-47-43-70-39-35-66-31-27-62-23-19-58)18-15-22-61-26-30-65-34-38-69-42-46-73-50-54-77-56-52-75-48-44-71-40-36-67-32-28-63-24-20-59;2*1-2-3/h58-59H,2-56H2,1H3;2*2H,1H3. The first-order chi connectivity index (χ1) is 41.2. The minimum atomic E-state index is 0.0220. The van der Waals surface area contributed by atoms with E-state index in [4.69, 9.17) is 105 Å². The molecule has 0 aromatic heterocycles. The van der Waals surface area contributed by atoms with Crippen LogP contribution >= 0.6 is 0 Å². The smallest absolute Gasteiger partial charge is 0.116 e. The summed E-state index contributed by atoms with van der Waals surface area (Å²) in [6.45, 7) is 26.8. The average molecular weight is 1210 g/mol. The number of unbranched alkanes of at least 4 members (excludes halogenated alkanes) is 11. The SMILES string of the molecule is CC=O.CC=O.CCCCCCCCCCCCCCN(CCCOCCOCCOCCOCCOCCOCCOCCOCCOCCO)CCCOCCOCCOCCOCCOCCOCCOCCOCCOCCO. The molecule has 0 rings (SSSR count). The van der Waals surface area contributed by atoms with Crippen molar-refractivity contribution in [3.8, 4) is 0 Å². The highest BCUT2D eigenvalue weighted by Crippen LogP contribution is 2.12. The molecule has 0 amide bonds. The van der Waals surface area contributed by atoms with E-state index in [0.29, 0.717) is 225 Å². The second kappa shape index (κ2) is 86.9. The van der Waals surface area contributed by atoms with Crippen molar-refractivity contribution in [2.24, 2.45) is 0 Å². The molecule has 0 radical (unpaired) electrons. The van der Waals surface area contributed by atoms with Gasteiger partial charge in [-0.1, -0.05) is 77.6 Å². The van der Waals surface area contributed by atoms with Gasteiger partial charge in [-0.2, -0.15) is 0 Å². The number of aliphatic hydroxyl groups excluding tert-OH is 2. The van der Waals surface area contributed by atoms with Crippen LogP contribution in [0.4, 0.5) is 0 Å². The Balaban J connectivity index is -0.0000102. The summed E-state index contributed by atoms with van der Waals surface area (Å²) in [6.07, 6.45) is 19.8. The topological polar surface area (TPSA) is 244 Å². The van der Waals surface area contributed by atoms with Crippen LogP contribution in [0.2, 0.25) is 0 Å². The molecule has 0 heterocycles. The number of aldehydes is 2. The molecule has 500 valence electrons. The molecule has 23 nitrogen and oxygen atoms in total. The summed E-state index contributed by atoms with van der Waals surface area (Å²) in [6, 6.07) is 0. The molecule has 0 saturated heterocycles. The first-order valence-electron chi connectivity index (χ1n) is 31.3. The second-order valence-electron chi connectivity index (χ2n) is 18.4. The molecular weight excluding hydrogens is 1090 g/mol. The molecular formula is C60H123NO22. The van der Waals surface area contributed by atoms with Crippen molar-refractivity contribution in [2.45, 2.75) is 111 Å². The number of ether oxygens (including phenoxy) is 18. The van der Waals surface area contributed by atoms with E-state index in [0.717, 1.165) is 58.3 Å². The predicted molar refractivity (Wildman–Crippen MR) is 319 cm³/mol. The van der Waals surface area contributed by atoms with Gasteiger partial charge in [0.05, 0.1) is 238 Å². The third-order valence-corrected chi connectivity index (χ3v) is 11.3. The van der Waals surface area contributed by atoms with Gasteiger partial charge in [0.1, 0.15) is 12.6 Å². The Morgan fingerprint density at radius 3 is 0.554 bits per heavy atom. The van der Waals surface area contributed by atoms with Crippen molar-refractivity contribution in [1.29, 1.82) is 0 Å². The van der Waals surface area contributed by atoms with E-state index in [1.807, 2.05) is 0 Å². The number of carbonyl (C=O) groups excluding carboxylic acids is 2. The second-order valence-corrected chi connectivity index (χ2v) is 18.4. The number of hydrogen-bond acceptors (Lipinski definition) is 23. The van der Waals surface area contributed by atoms with Crippen molar-refractivity contribution >= 4 is 12.6 Å². The Morgan fingerprint density at radius 1 is 0.229 bits per heavy atom. The molecule has 0 aliphatic heterocycles. The minimum Gasteiger partial charge on any atom is -0.394 e. The summed E-state index contributed by atoms with van der Waals surface area (Å²) in [5.74, 6) is 0. The number of aliphatic hydroxyl groups is 2. The van der Waals surface area contributed by atoms with E-state index in [9.17, 15) is 0 Å². The highest BCUT2D eigenvalue weighted by Gasteiger charge is 2.06. The molecule has 0 aliphatic carbocycles. The first kappa shape index (κ1) is 85.7. The van der Waals surface area contributed by atoms with E-state index >= 15 is 0 Å². The van der Waals surface area contributed by atoms with Crippen molar-refractivity contribution in [1.82, 2.24) is 4.90 Å². The van der Waals surface area contributed by atoms with Gasteiger partial charge in [-0.25, -0.2) is 0 Å². The van der Waals surface area contributed by atoms with Crippen LogP contribution < -0.4 is 0 Å². The lowest BCUT2D eigenvalue weighted by molar-refractivity contribution is -0.106. The summed E-state index contributed by atoms with van der Waals surface area (Å²) in [5, 5.41) is 17.3. The summed E-state index contributed by atoms with van der Waals surface area (Å²) in [4.78, 5) is 20.2. The largest absolute Gasteiger partial charge is 0.394 e. The van der Waals surface area contributed by atoms with Crippen LogP contribution in [-0.4, -0.2) is 298 Å². The van der Waals surface area contributed by atoms with E-state index in [1.54, 1.807) is 0 Å². The lowest BCUT2D eigenvalue weighted by Crippen LogP contribution is -2.29. The van der Waals surface area contributed by atoms with E-state index in [2.05, 4.69) is 11.8 Å². The summed E-state index contributed by atoms with van der Waals surface area (Å²) in [7, 11) is 0. The van der Waals surface area contributed by atoms with Gasteiger partial charge in [-0.05, 0) is 39.7 Å². The van der Waals surface area contributed by atoms with Gasteiger partial charge in [-0.3, -0.25) is 0 Å². The Kier molecular flexibility index (Phi) is 89.8. The fourth-order valence-corrected chi connectivity index (χ4v) is 7.14. The monoisotopic (exact) mass is 1210 g/mol. The van der Waals surface area contributed by atoms with Crippen LogP contribution in [0, 0.1) is 0 Å². The molecule has 0 bridgehead atoms. The Hall–Kier alpha value is -1.50. The molecule has 83 heavy (non-hydrogen) atoms. The normalized spacial score (nSPS) is 11.3. The van der Waals surface area contributed by atoms with Gasteiger partial charge in [0.2, 0.25) is 0 Å². The summed E-state index contributed by atoms with van der Waals surface area (Å²) >= 11 is 0. The summed E-state index contributed by atoms with van der Waals surface area (Å²) in [5.41, 5.74) is 0. The van der Waals surface area contributed by atoms with Crippen molar-refractivity contribution in [2.75, 3.05) is 271 Å². The van der Waals surface area contributed by atoms with Gasteiger partial charge < -0.3 is 110 Å². The molecule has 0 spiro atoms. The third kappa shape index (κ3) is 89.4. The maximum absolute atomic E-state index is 8.81. The molecule has 23 heteroatoms. The van der Waals surface area contributed by atoms with Gasteiger partial charge in [0.15, 0.2) is 0 Å². The maximum Gasteiger partial charge on any atom is 0.116 e.